The molecule has 3 nitrogen and oxygen atoms in total. The van der Waals surface area contributed by atoms with Crippen molar-refractivity contribution in [1.29, 1.82) is 0 Å². The maximum atomic E-state index is 10.3. The second-order valence-electron chi connectivity index (χ2n) is 4.01. The third-order valence-electron chi connectivity index (χ3n) is 2.90. The molecule has 2 rings (SSSR count). The summed E-state index contributed by atoms with van der Waals surface area (Å²) in [5.41, 5.74) is 3.55. The van der Waals surface area contributed by atoms with Crippen molar-refractivity contribution in [3.63, 3.8) is 0 Å². The summed E-state index contributed by atoms with van der Waals surface area (Å²) in [7, 11) is 2.07. The van der Waals surface area contributed by atoms with E-state index in [0.717, 1.165) is 18.5 Å². The van der Waals surface area contributed by atoms with Crippen LogP contribution >= 0.6 is 0 Å². The fraction of sp³-hybridized carbons (Fsp3) is 0.417. The lowest BCUT2D eigenvalue weighted by Gasteiger charge is -2.31. The van der Waals surface area contributed by atoms with Crippen LogP contribution in [0.4, 0.5) is 5.69 Å². The van der Waals surface area contributed by atoms with E-state index in [1.807, 2.05) is 0 Å². The summed E-state index contributed by atoms with van der Waals surface area (Å²) in [6, 6.07) is 6.26. The molecule has 1 heterocycles. The van der Waals surface area contributed by atoms with Crippen LogP contribution in [0.15, 0.2) is 23.2 Å². The molecule has 0 saturated carbocycles. The molecule has 0 bridgehead atoms. The number of aryl methyl sites for hydroxylation is 1. The van der Waals surface area contributed by atoms with Gasteiger partial charge in [-0.15, -0.1) is 0 Å². The van der Waals surface area contributed by atoms with E-state index in [1.165, 1.54) is 11.3 Å². The minimum atomic E-state index is -0.00528. The second kappa shape index (κ2) is 3.87. The summed E-state index contributed by atoms with van der Waals surface area (Å²) in [6.45, 7) is 3.01. The Bertz CT molecular complexity index is 422. The van der Waals surface area contributed by atoms with E-state index < -0.39 is 0 Å². The molecule has 1 unspecified atom stereocenters. The lowest BCUT2D eigenvalue weighted by Crippen LogP contribution is -2.26. The van der Waals surface area contributed by atoms with Gasteiger partial charge in [0.1, 0.15) is 0 Å². The zero-order valence-corrected chi connectivity index (χ0v) is 9.03. The molecule has 0 radical (unpaired) electrons. The van der Waals surface area contributed by atoms with Gasteiger partial charge in [-0.25, -0.2) is 4.79 Å². The molecule has 0 amide bonds. The van der Waals surface area contributed by atoms with E-state index in [1.54, 1.807) is 6.08 Å². The Kier molecular flexibility index (Phi) is 2.57. The van der Waals surface area contributed by atoms with Crippen molar-refractivity contribution in [3.05, 3.63) is 29.3 Å². The number of benzene rings is 1. The van der Waals surface area contributed by atoms with Crippen LogP contribution in [-0.4, -0.2) is 19.7 Å². The summed E-state index contributed by atoms with van der Waals surface area (Å²) in [5, 5.41) is 0. The van der Waals surface area contributed by atoms with Crippen LogP contribution in [0.5, 0.6) is 0 Å². The molecular weight excluding hydrogens is 188 g/mol. The van der Waals surface area contributed by atoms with Crippen LogP contribution in [-0.2, 0) is 4.79 Å². The van der Waals surface area contributed by atoms with Gasteiger partial charge in [-0.05, 0) is 25.0 Å². The number of anilines is 1. The Labute approximate surface area is 89.4 Å². The van der Waals surface area contributed by atoms with E-state index in [2.05, 4.69) is 42.1 Å². The first-order valence-electron chi connectivity index (χ1n) is 5.11. The molecule has 1 aliphatic heterocycles. The number of aliphatic imine (C=N–C) groups is 1. The summed E-state index contributed by atoms with van der Waals surface area (Å²) in [5.74, 6) is 0. The smallest absolute Gasteiger partial charge is 0.235 e. The van der Waals surface area contributed by atoms with Crippen molar-refractivity contribution < 1.29 is 4.79 Å². The number of hydrogen-bond donors (Lipinski definition) is 0. The van der Waals surface area contributed by atoms with Gasteiger partial charge in [0.25, 0.3) is 0 Å². The third kappa shape index (κ3) is 1.79. The first-order chi connectivity index (χ1) is 7.22. The molecule has 0 fully saturated rings. The van der Waals surface area contributed by atoms with Gasteiger partial charge < -0.3 is 4.90 Å². The van der Waals surface area contributed by atoms with Crippen LogP contribution in [0, 0.1) is 6.92 Å². The van der Waals surface area contributed by atoms with Gasteiger partial charge >= 0.3 is 0 Å². The molecule has 1 aliphatic rings. The van der Waals surface area contributed by atoms with Gasteiger partial charge in [0, 0.05) is 24.8 Å². The monoisotopic (exact) mass is 202 g/mol. The summed E-state index contributed by atoms with van der Waals surface area (Å²) < 4.78 is 0. The summed E-state index contributed by atoms with van der Waals surface area (Å²) in [4.78, 5) is 16.4. The van der Waals surface area contributed by atoms with Crippen LogP contribution in [0.1, 0.15) is 23.6 Å². The highest BCUT2D eigenvalue weighted by Crippen LogP contribution is 2.35. The van der Waals surface area contributed by atoms with Crippen LogP contribution < -0.4 is 4.90 Å². The van der Waals surface area contributed by atoms with E-state index in [-0.39, 0.29) is 6.04 Å². The highest BCUT2D eigenvalue weighted by atomic mass is 16.1. The summed E-state index contributed by atoms with van der Waals surface area (Å²) in [6.07, 6.45) is 2.55. The predicted molar refractivity (Wildman–Crippen MR) is 59.9 cm³/mol. The largest absolute Gasteiger partial charge is 0.374 e. The highest BCUT2D eigenvalue weighted by Gasteiger charge is 2.22. The van der Waals surface area contributed by atoms with Gasteiger partial charge in [0.15, 0.2) is 0 Å². The fourth-order valence-corrected chi connectivity index (χ4v) is 2.06. The Morgan fingerprint density at radius 3 is 3.07 bits per heavy atom. The molecule has 0 N–H and O–H groups in total. The van der Waals surface area contributed by atoms with Crippen molar-refractivity contribution in [2.75, 3.05) is 18.5 Å². The molecule has 1 aromatic rings. The SMILES string of the molecule is Cc1ccc2c(c1)N(C)CCC2N=C=O. The van der Waals surface area contributed by atoms with E-state index >= 15 is 0 Å². The average Bonchev–Trinajstić information content (AvgIpc) is 2.23. The van der Waals surface area contributed by atoms with E-state index in [9.17, 15) is 4.79 Å². The molecule has 1 aromatic carbocycles. The second-order valence-corrected chi connectivity index (χ2v) is 4.01. The minimum Gasteiger partial charge on any atom is -0.374 e. The lowest BCUT2D eigenvalue weighted by atomic mass is 9.96. The van der Waals surface area contributed by atoms with Crippen molar-refractivity contribution in [2.45, 2.75) is 19.4 Å². The zero-order valence-electron chi connectivity index (χ0n) is 9.03. The Balaban J connectivity index is 2.49. The van der Waals surface area contributed by atoms with E-state index in [0.29, 0.717) is 0 Å². The van der Waals surface area contributed by atoms with Gasteiger partial charge in [0.2, 0.25) is 6.08 Å². The van der Waals surface area contributed by atoms with E-state index in [4.69, 9.17) is 0 Å². The predicted octanol–water partition coefficient (Wildman–Crippen LogP) is 2.21. The molecule has 15 heavy (non-hydrogen) atoms. The zero-order chi connectivity index (χ0) is 10.8. The Morgan fingerprint density at radius 2 is 2.33 bits per heavy atom. The maximum Gasteiger partial charge on any atom is 0.235 e. The van der Waals surface area contributed by atoms with Gasteiger partial charge in [-0.2, -0.15) is 4.99 Å². The third-order valence-corrected chi connectivity index (χ3v) is 2.90. The van der Waals surface area contributed by atoms with Gasteiger partial charge in [0.05, 0.1) is 6.04 Å². The molecule has 0 spiro atoms. The van der Waals surface area contributed by atoms with Crippen LogP contribution in [0.3, 0.4) is 0 Å². The number of nitrogens with zero attached hydrogens (tertiary/aromatic N) is 2. The van der Waals surface area contributed by atoms with Crippen molar-refractivity contribution in [3.8, 4) is 0 Å². The highest BCUT2D eigenvalue weighted by molar-refractivity contribution is 5.58. The minimum absolute atomic E-state index is 0.00528. The number of isocyanates is 1. The molecule has 0 aromatic heterocycles. The number of fused-ring (bicyclic) bond motifs is 1. The summed E-state index contributed by atoms with van der Waals surface area (Å²) >= 11 is 0. The topological polar surface area (TPSA) is 32.7 Å². The first-order valence-corrected chi connectivity index (χ1v) is 5.11. The first kappa shape index (κ1) is 9.94. The van der Waals surface area contributed by atoms with Crippen molar-refractivity contribution >= 4 is 11.8 Å². The maximum absolute atomic E-state index is 10.3. The molecule has 0 aliphatic carbocycles. The average molecular weight is 202 g/mol. The van der Waals surface area contributed by atoms with Crippen LogP contribution in [0.2, 0.25) is 0 Å². The van der Waals surface area contributed by atoms with Gasteiger partial charge in [-0.3, -0.25) is 0 Å². The number of hydrogen-bond acceptors (Lipinski definition) is 3. The quantitative estimate of drug-likeness (QED) is 0.516. The van der Waals surface area contributed by atoms with Crippen molar-refractivity contribution in [2.24, 2.45) is 4.99 Å². The molecule has 3 heteroatoms. The van der Waals surface area contributed by atoms with Crippen molar-refractivity contribution in [1.82, 2.24) is 0 Å². The normalized spacial score (nSPS) is 19.3. The Morgan fingerprint density at radius 1 is 1.53 bits per heavy atom. The molecule has 0 saturated heterocycles. The number of carbonyl (C=O) groups excluding carboxylic acids is 1. The van der Waals surface area contributed by atoms with Crippen LogP contribution in [0.25, 0.3) is 0 Å². The number of rotatable bonds is 1. The molecule has 1 atom stereocenters. The van der Waals surface area contributed by atoms with Gasteiger partial charge in [-0.1, -0.05) is 12.1 Å². The molecule has 78 valence electrons. The fourth-order valence-electron chi connectivity index (χ4n) is 2.06. The lowest BCUT2D eigenvalue weighted by molar-refractivity contribution is 0.549. The molecular formula is C12H14N2O. The standard InChI is InChI=1S/C12H14N2O/c1-9-3-4-10-11(13-8-15)5-6-14(2)12(10)7-9/h3-4,7,11H,5-6H2,1-2H3. The Hall–Kier alpha value is -1.60.